The number of phenolic OH excluding ortho intramolecular Hbond substituents is 1. The molecule has 0 radical (unpaired) electrons. The van der Waals surface area contributed by atoms with E-state index in [1.807, 2.05) is 5.32 Å². The van der Waals surface area contributed by atoms with Crippen molar-refractivity contribution in [3.63, 3.8) is 0 Å². The number of rotatable bonds is 5. The topological polar surface area (TPSA) is 131 Å². The summed E-state index contributed by atoms with van der Waals surface area (Å²) in [5.41, 5.74) is -0.132. The molecular weight excluding hydrogens is 356 g/mol. The first-order chi connectivity index (χ1) is 12.5. The molecule has 2 atom stereocenters. The van der Waals surface area contributed by atoms with Crippen molar-refractivity contribution in [1.29, 1.82) is 0 Å². The third-order valence-corrected chi connectivity index (χ3v) is 3.54. The van der Waals surface area contributed by atoms with Crippen LogP contribution in [0.15, 0.2) is 24.3 Å². The number of carbonyl (C=O) groups excluding carboxylic acids is 4. The van der Waals surface area contributed by atoms with Crippen molar-refractivity contribution in [2.45, 2.75) is 51.4 Å². The fourth-order valence-electron chi connectivity index (χ4n) is 2.36. The van der Waals surface area contributed by atoms with Crippen LogP contribution in [0.4, 0.5) is 4.79 Å². The van der Waals surface area contributed by atoms with Crippen LogP contribution in [-0.2, 0) is 30.3 Å². The van der Waals surface area contributed by atoms with Crippen molar-refractivity contribution in [1.82, 2.24) is 10.6 Å². The number of alkyl carbamates (subject to hydrolysis) is 1. The van der Waals surface area contributed by atoms with Crippen LogP contribution in [-0.4, -0.2) is 46.7 Å². The number of nitrogens with one attached hydrogen (secondary N) is 2. The Balaban J connectivity index is 2.11. The van der Waals surface area contributed by atoms with Crippen molar-refractivity contribution in [2.24, 2.45) is 0 Å². The monoisotopic (exact) mass is 378 g/mol. The highest BCUT2D eigenvalue weighted by Gasteiger charge is 2.36. The number of benzene rings is 1. The summed E-state index contributed by atoms with van der Waals surface area (Å²) >= 11 is 0. The van der Waals surface area contributed by atoms with Crippen molar-refractivity contribution in [2.75, 3.05) is 0 Å². The van der Waals surface area contributed by atoms with E-state index in [1.165, 1.54) is 12.1 Å². The van der Waals surface area contributed by atoms with Crippen molar-refractivity contribution < 1.29 is 33.8 Å². The fraction of sp³-hybridized carbons (Fsp3) is 0.444. The molecular formula is C18H22N2O7. The lowest BCUT2D eigenvalue weighted by atomic mass is 10.1. The predicted octanol–water partition coefficient (Wildman–Crippen LogP) is 0.786. The molecule has 1 aromatic rings. The zero-order valence-electron chi connectivity index (χ0n) is 15.3. The van der Waals surface area contributed by atoms with Crippen LogP contribution in [0.1, 0.15) is 32.8 Å². The van der Waals surface area contributed by atoms with E-state index in [0.717, 1.165) is 0 Å². The van der Waals surface area contributed by atoms with Gasteiger partial charge in [0.25, 0.3) is 5.91 Å². The second-order valence-corrected chi connectivity index (χ2v) is 7.11. The lowest BCUT2D eigenvalue weighted by Gasteiger charge is -2.23. The summed E-state index contributed by atoms with van der Waals surface area (Å²) in [6.07, 6.45) is -2.27. The number of carbonyl (C=O) groups is 4. The number of esters is 1. The Morgan fingerprint density at radius 2 is 1.89 bits per heavy atom. The zero-order valence-corrected chi connectivity index (χ0v) is 15.3. The molecule has 1 fully saturated rings. The molecule has 146 valence electrons. The van der Waals surface area contributed by atoms with Crippen LogP contribution in [0.2, 0.25) is 0 Å². The fourth-order valence-corrected chi connectivity index (χ4v) is 2.36. The minimum absolute atomic E-state index is 0.0423. The van der Waals surface area contributed by atoms with Gasteiger partial charge >= 0.3 is 12.1 Å². The maximum absolute atomic E-state index is 12.5. The van der Waals surface area contributed by atoms with Gasteiger partial charge in [-0.25, -0.2) is 9.59 Å². The third kappa shape index (κ3) is 6.28. The van der Waals surface area contributed by atoms with Gasteiger partial charge in [-0.15, -0.1) is 0 Å². The van der Waals surface area contributed by atoms with E-state index in [4.69, 9.17) is 9.47 Å². The van der Waals surface area contributed by atoms with Crippen molar-refractivity contribution in [3.8, 4) is 5.75 Å². The van der Waals surface area contributed by atoms with E-state index in [9.17, 15) is 24.3 Å². The Kier molecular flexibility index (Phi) is 6.04. The molecule has 0 unspecified atom stereocenters. The van der Waals surface area contributed by atoms with Gasteiger partial charge in [0.15, 0.2) is 6.10 Å². The standard InChI is InChI=1S/C18H22N2O7/c1-18(2,3)27-17(25)19-12(8-10-4-6-11(21)7-5-10)16(24)26-13-9-14(22)20-15(13)23/h4-7,12-13,21H,8-9H2,1-3H3,(H,19,25)(H,20,22,23)/t12-,13+/m0/s1. The Labute approximate surface area is 156 Å². The smallest absolute Gasteiger partial charge is 0.408 e. The molecule has 9 heteroatoms. The molecule has 1 aliphatic rings. The van der Waals surface area contributed by atoms with Crippen LogP contribution < -0.4 is 10.6 Å². The number of phenols is 1. The highest BCUT2D eigenvalue weighted by atomic mass is 16.6. The summed E-state index contributed by atoms with van der Waals surface area (Å²) in [6.45, 7) is 5.02. The van der Waals surface area contributed by atoms with E-state index in [0.29, 0.717) is 5.56 Å². The number of hydrogen-bond donors (Lipinski definition) is 3. The van der Waals surface area contributed by atoms with Gasteiger partial charge in [0.1, 0.15) is 17.4 Å². The molecule has 9 nitrogen and oxygen atoms in total. The molecule has 0 saturated carbocycles. The second kappa shape index (κ2) is 8.07. The Hall–Kier alpha value is -3.10. The van der Waals surface area contributed by atoms with Gasteiger partial charge in [-0.3, -0.25) is 14.9 Å². The van der Waals surface area contributed by atoms with E-state index < -0.39 is 41.6 Å². The van der Waals surface area contributed by atoms with Crippen LogP contribution in [0, 0.1) is 0 Å². The number of ether oxygens (including phenoxy) is 2. The molecule has 0 aliphatic carbocycles. The van der Waals surface area contributed by atoms with Gasteiger partial charge in [-0.1, -0.05) is 12.1 Å². The summed E-state index contributed by atoms with van der Waals surface area (Å²) in [7, 11) is 0. The van der Waals surface area contributed by atoms with Gasteiger partial charge in [0, 0.05) is 6.42 Å². The molecule has 3 amide bonds. The van der Waals surface area contributed by atoms with Gasteiger partial charge in [-0.2, -0.15) is 0 Å². The molecule has 1 aliphatic heterocycles. The summed E-state index contributed by atoms with van der Waals surface area (Å²) in [5, 5.41) is 13.8. The summed E-state index contributed by atoms with van der Waals surface area (Å²) in [6, 6.07) is 4.90. The van der Waals surface area contributed by atoms with Crippen LogP contribution in [0.25, 0.3) is 0 Å². The first-order valence-corrected chi connectivity index (χ1v) is 8.35. The molecule has 1 aromatic carbocycles. The minimum atomic E-state index is -1.23. The Bertz CT molecular complexity index is 737. The average molecular weight is 378 g/mol. The number of amides is 3. The van der Waals surface area contributed by atoms with Crippen LogP contribution in [0.5, 0.6) is 5.75 Å². The van der Waals surface area contributed by atoms with Gasteiger partial charge in [0.05, 0.1) is 6.42 Å². The molecule has 1 saturated heterocycles. The summed E-state index contributed by atoms with van der Waals surface area (Å²) in [4.78, 5) is 47.4. The molecule has 0 spiro atoms. The van der Waals surface area contributed by atoms with E-state index in [2.05, 4.69) is 5.32 Å². The lowest BCUT2D eigenvalue weighted by Crippen LogP contribution is -2.46. The highest BCUT2D eigenvalue weighted by molar-refractivity contribution is 6.05. The first-order valence-electron chi connectivity index (χ1n) is 8.35. The Morgan fingerprint density at radius 1 is 1.26 bits per heavy atom. The van der Waals surface area contributed by atoms with E-state index in [1.54, 1.807) is 32.9 Å². The molecule has 0 aromatic heterocycles. The second-order valence-electron chi connectivity index (χ2n) is 7.11. The third-order valence-electron chi connectivity index (χ3n) is 3.54. The molecule has 1 heterocycles. The maximum Gasteiger partial charge on any atom is 0.408 e. The van der Waals surface area contributed by atoms with Crippen molar-refractivity contribution in [3.05, 3.63) is 29.8 Å². The predicted molar refractivity (Wildman–Crippen MR) is 92.6 cm³/mol. The molecule has 2 rings (SSSR count). The van der Waals surface area contributed by atoms with E-state index >= 15 is 0 Å². The SMILES string of the molecule is CC(C)(C)OC(=O)N[C@@H](Cc1ccc(O)cc1)C(=O)O[C@@H]1CC(=O)NC1=O. The molecule has 0 bridgehead atoms. The maximum atomic E-state index is 12.5. The van der Waals surface area contributed by atoms with E-state index in [-0.39, 0.29) is 18.6 Å². The van der Waals surface area contributed by atoms with Crippen LogP contribution in [0.3, 0.4) is 0 Å². The van der Waals surface area contributed by atoms with Gasteiger partial charge in [-0.05, 0) is 38.5 Å². The van der Waals surface area contributed by atoms with Crippen molar-refractivity contribution >= 4 is 23.9 Å². The normalized spacial score (nSPS) is 17.8. The number of hydrogen-bond acceptors (Lipinski definition) is 7. The first kappa shape index (κ1) is 20.2. The average Bonchev–Trinajstić information content (AvgIpc) is 2.84. The van der Waals surface area contributed by atoms with Crippen LogP contribution >= 0.6 is 0 Å². The highest BCUT2D eigenvalue weighted by Crippen LogP contribution is 2.15. The zero-order chi connectivity index (χ0) is 20.2. The minimum Gasteiger partial charge on any atom is -0.508 e. The summed E-state index contributed by atoms with van der Waals surface area (Å²) < 4.78 is 10.2. The molecule has 3 N–H and O–H groups in total. The van der Waals surface area contributed by atoms with Gasteiger partial charge in [0.2, 0.25) is 5.91 Å². The number of aromatic hydroxyl groups is 1. The number of imide groups is 1. The largest absolute Gasteiger partial charge is 0.508 e. The molecule has 27 heavy (non-hydrogen) atoms. The van der Waals surface area contributed by atoms with Gasteiger partial charge < -0.3 is 19.9 Å². The summed E-state index contributed by atoms with van der Waals surface area (Å²) in [5.74, 6) is -2.05. The quantitative estimate of drug-likeness (QED) is 0.510. The lowest BCUT2D eigenvalue weighted by molar-refractivity contribution is -0.156. The Morgan fingerprint density at radius 3 is 2.41 bits per heavy atom.